The van der Waals surface area contributed by atoms with Crippen molar-refractivity contribution in [2.75, 3.05) is 19.7 Å². The van der Waals surface area contributed by atoms with Gasteiger partial charge in [0, 0.05) is 32.4 Å². The minimum atomic E-state index is -4.36. The maximum Gasteiger partial charge on any atom is 0.416 e. The fourth-order valence-corrected chi connectivity index (χ4v) is 3.05. The average Bonchev–Trinajstić information content (AvgIpc) is 3.13. The highest BCUT2D eigenvalue weighted by Gasteiger charge is 2.31. The number of rotatable bonds is 5. The summed E-state index contributed by atoms with van der Waals surface area (Å²) in [7, 11) is 0. The van der Waals surface area contributed by atoms with Gasteiger partial charge in [0.1, 0.15) is 5.76 Å². The Morgan fingerprint density at radius 2 is 2.08 bits per heavy atom. The van der Waals surface area contributed by atoms with Crippen LogP contribution < -0.4 is 0 Å². The SMILES string of the molecule is O=C(CCc1ccco1)N1CCO[C@@H](Cc2cccc(C(F)(F)F)c2)C1. The number of carbonyl (C=O) groups excluding carboxylic acids is 1. The second kappa shape index (κ2) is 7.95. The van der Waals surface area contributed by atoms with Crippen LogP contribution in [-0.2, 0) is 28.5 Å². The standard InChI is InChI=1S/C19H20F3NO3/c20-19(21,22)15-4-1-3-14(11-15)12-17-13-23(8-10-26-17)18(24)7-6-16-5-2-9-25-16/h1-5,9,11,17H,6-8,10,12-13H2/t17-/m0/s1. The number of halogens is 3. The van der Waals surface area contributed by atoms with Crippen LogP contribution in [0, 0.1) is 0 Å². The lowest BCUT2D eigenvalue weighted by molar-refractivity contribution is -0.138. The van der Waals surface area contributed by atoms with Gasteiger partial charge in [0.2, 0.25) is 5.91 Å². The molecule has 0 aliphatic carbocycles. The summed E-state index contributed by atoms with van der Waals surface area (Å²) in [6.45, 7) is 1.26. The van der Waals surface area contributed by atoms with Crippen LogP contribution in [-0.4, -0.2) is 36.6 Å². The first kappa shape index (κ1) is 18.5. The maximum absolute atomic E-state index is 12.8. The molecule has 0 saturated carbocycles. The molecule has 2 heterocycles. The lowest BCUT2D eigenvalue weighted by Gasteiger charge is -2.33. The number of morpholine rings is 1. The van der Waals surface area contributed by atoms with Crippen LogP contribution in [0.5, 0.6) is 0 Å². The molecule has 1 aromatic heterocycles. The zero-order chi connectivity index (χ0) is 18.6. The summed E-state index contributed by atoms with van der Waals surface area (Å²) in [5, 5.41) is 0. The molecule has 3 rings (SSSR count). The van der Waals surface area contributed by atoms with E-state index in [-0.39, 0.29) is 12.0 Å². The fraction of sp³-hybridized carbons (Fsp3) is 0.421. The molecular weight excluding hydrogens is 347 g/mol. The van der Waals surface area contributed by atoms with Crippen LogP contribution in [0.3, 0.4) is 0 Å². The van der Waals surface area contributed by atoms with E-state index in [0.29, 0.717) is 44.5 Å². The van der Waals surface area contributed by atoms with E-state index in [1.165, 1.54) is 6.07 Å². The molecule has 0 spiro atoms. The van der Waals surface area contributed by atoms with Crippen molar-refractivity contribution in [2.45, 2.75) is 31.5 Å². The minimum absolute atomic E-state index is 0.00116. The molecular formula is C19H20F3NO3. The molecule has 1 aromatic carbocycles. The van der Waals surface area contributed by atoms with Crippen molar-refractivity contribution >= 4 is 5.91 Å². The molecule has 1 saturated heterocycles. The first-order valence-electron chi connectivity index (χ1n) is 8.50. The smallest absolute Gasteiger partial charge is 0.416 e. The second-order valence-corrected chi connectivity index (χ2v) is 6.31. The second-order valence-electron chi connectivity index (χ2n) is 6.31. The lowest BCUT2D eigenvalue weighted by Crippen LogP contribution is -2.46. The van der Waals surface area contributed by atoms with E-state index in [2.05, 4.69) is 0 Å². The van der Waals surface area contributed by atoms with E-state index < -0.39 is 11.7 Å². The van der Waals surface area contributed by atoms with Crippen LogP contribution in [0.4, 0.5) is 13.2 Å². The van der Waals surface area contributed by atoms with Gasteiger partial charge in [-0.3, -0.25) is 4.79 Å². The molecule has 0 bridgehead atoms. The Bertz CT molecular complexity index is 728. The van der Waals surface area contributed by atoms with Gasteiger partial charge < -0.3 is 14.1 Å². The zero-order valence-electron chi connectivity index (χ0n) is 14.2. The molecule has 140 valence electrons. The first-order valence-corrected chi connectivity index (χ1v) is 8.50. The number of hydrogen-bond donors (Lipinski definition) is 0. The number of ether oxygens (including phenoxy) is 1. The van der Waals surface area contributed by atoms with E-state index >= 15 is 0 Å². The molecule has 2 aromatic rings. The highest BCUT2D eigenvalue weighted by Crippen LogP contribution is 2.30. The van der Waals surface area contributed by atoms with Gasteiger partial charge in [-0.05, 0) is 23.8 Å². The Labute approximate surface area is 149 Å². The summed E-state index contributed by atoms with van der Waals surface area (Å²) < 4.78 is 49.3. The van der Waals surface area contributed by atoms with Gasteiger partial charge in [0.15, 0.2) is 0 Å². The van der Waals surface area contributed by atoms with Gasteiger partial charge in [-0.25, -0.2) is 0 Å². The van der Waals surface area contributed by atoms with E-state index in [9.17, 15) is 18.0 Å². The molecule has 0 radical (unpaired) electrons. The van der Waals surface area contributed by atoms with Crippen molar-refractivity contribution in [1.82, 2.24) is 4.90 Å². The van der Waals surface area contributed by atoms with Crippen molar-refractivity contribution in [1.29, 1.82) is 0 Å². The quantitative estimate of drug-likeness (QED) is 0.809. The number of hydrogen-bond acceptors (Lipinski definition) is 3. The molecule has 1 aliphatic heterocycles. The van der Waals surface area contributed by atoms with Crippen LogP contribution in [0.25, 0.3) is 0 Å². The lowest BCUT2D eigenvalue weighted by atomic mass is 10.0. The van der Waals surface area contributed by atoms with Crippen LogP contribution in [0.15, 0.2) is 47.1 Å². The van der Waals surface area contributed by atoms with E-state index in [1.807, 2.05) is 6.07 Å². The molecule has 1 atom stereocenters. The van der Waals surface area contributed by atoms with Gasteiger partial charge in [-0.15, -0.1) is 0 Å². The van der Waals surface area contributed by atoms with Gasteiger partial charge in [0.25, 0.3) is 0 Å². The molecule has 1 aliphatic rings. The van der Waals surface area contributed by atoms with Gasteiger partial charge in [-0.2, -0.15) is 13.2 Å². The van der Waals surface area contributed by atoms with Crippen LogP contribution >= 0.6 is 0 Å². The summed E-state index contributed by atoms with van der Waals surface area (Å²) in [6.07, 6.45) is -1.89. The Kier molecular flexibility index (Phi) is 5.66. The van der Waals surface area contributed by atoms with Gasteiger partial charge in [0.05, 0.1) is 24.5 Å². The molecule has 1 amide bonds. The third kappa shape index (κ3) is 4.88. The zero-order valence-corrected chi connectivity index (χ0v) is 14.2. The number of nitrogens with zero attached hydrogens (tertiary/aromatic N) is 1. The Balaban J connectivity index is 1.55. The van der Waals surface area contributed by atoms with Gasteiger partial charge >= 0.3 is 6.18 Å². The highest BCUT2D eigenvalue weighted by atomic mass is 19.4. The summed E-state index contributed by atoms with van der Waals surface area (Å²) in [6, 6.07) is 8.84. The summed E-state index contributed by atoms with van der Waals surface area (Å²) >= 11 is 0. The van der Waals surface area contributed by atoms with E-state index in [1.54, 1.807) is 23.3 Å². The topological polar surface area (TPSA) is 42.7 Å². The fourth-order valence-electron chi connectivity index (χ4n) is 3.05. The van der Waals surface area contributed by atoms with Crippen LogP contribution in [0.1, 0.15) is 23.3 Å². The largest absolute Gasteiger partial charge is 0.469 e. The number of amides is 1. The number of benzene rings is 1. The predicted octanol–water partition coefficient (Wildman–Crippen LogP) is 3.70. The molecule has 0 unspecified atom stereocenters. The highest BCUT2D eigenvalue weighted by molar-refractivity contribution is 5.76. The summed E-state index contributed by atoms with van der Waals surface area (Å²) in [5.41, 5.74) is -0.119. The third-order valence-corrected chi connectivity index (χ3v) is 4.37. The monoisotopic (exact) mass is 367 g/mol. The Morgan fingerprint density at radius 3 is 2.81 bits per heavy atom. The first-order chi connectivity index (χ1) is 12.4. The van der Waals surface area contributed by atoms with E-state index in [0.717, 1.165) is 17.9 Å². The van der Waals surface area contributed by atoms with E-state index in [4.69, 9.17) is 9.15 Å². The van der Waals surface area contributed by atoms with Gasteiger partial charge in [-0.1, -0.05) is 18.2 Å². The number of furan rings is 1. The Hall–Kier alpha value is -2.28. The third-order valence-electron chi connectivity index (χ3n) is 4.37. The summed E-state index contributed by atoms with van der Waals surface area (Å²) in [5.74, 6) is 0.755. The minimum Gasteiger partial charge on any atom is -0.469 e. The van der Waals surface area contributed by atoms with Crippen molar-refractivity contribution in [3.63, 3.8) is 0 Å². The number of alkyl halides is 3. The average molecular weight is 367 g/mol. The normalized spacial score (nSPS) is 18.1. The maximum atomic E-state index is 12.8. The Morgan fingerprint density at radius 1 is 1.23 bits per heavy atom. The van der Waals surface area contributed by atoms with Crippen molar-refractivity contribution in [3.8, 4) is 0 Å². The van der Waals surface area contributed by atoms with Crippen molar-refractivity contribution in [2.24, 2.45) is 0 Å². The summed E-state index contributed by atoms with van der Waals surface area (Å²) in [4.78, 5) is 14.1. The van der Waals surface area contributed by atoms with Crippen molar-refractivity contribution in [3.05, 3.63) is 59.5 Å². The molecule has 26 heavy (non-hydrogen) atoms. The molecule has 0 N–H and O–H groups in total. The van der Waals surface area contributed by atoms with Crippen LogP contribution in [0.2, 0.25) is 0 Å². The predicted molar refractivity (Wildman–Crippen MR) is 88.5 cm³/mol. The molecule has 1 fully saturated rings. The number of carbonyl (C=O) groups is 1. The number of aryl methyl sites for hydroxylation is 1. The van der Waals surface area contributed by atoms with Crippen molar-refractivity contribution < 1.29 is 27.1 Å². The molecule has 7 heteroatoms. The molecule has 4 nitrogen and oxygen atoms in total.